The van der Waals surface area contributed by atoms with Gasteiger partial charge in [0.15, 0.2) is 11.5 Å². The first-order valence-corrected chi connectivity index (χ1v) is 8.21. The van der Waals surface area contributed by atoms with Gasteiger partial charge >= 0.3 is 0 Å². The van der Waals surface area contributed by atoms with Crippen molar-refractivity contribution in [2.75, 3.05) is 21.3 Å². The predicted octanol–water partition coefficient (Wildman–Crippen LogP) is 3.90. The van der Waals surface area contributed by atoms with Crippen LogP contribution in [-0.4, -0.2) is 27.2 Å². The molecule has 5 nitrogen and oxygen atoms in total. The Bertz CT molecular complexity index is 742. The fourth-order valence-corrected chi connectivity index (χ4v) is 2.76. The van der Waals surface area contributed by atoms with Crippen molar-refractivity contribution in [1.82, 2.24) is 5.32 Å². The topological polar surface area (TPSA) is 56.8 Å². The Morgan fingerprint density at radius 2 is 1.60 bits per heavy atom. The summed E-state index contributed by atoms with van der Waals surface area (Å²) in [4.78, 5) is 12.6. The van der Waals surface area contributed by atoms with E-state index in [-0.39, 0.29) is 11.9 Å². The van der Waals surface area contributed by atoms with Gasteiger partial charge in [-0.2, -0.15) is 0 Å². The molecule has 5 heteroatoms. The first-order chi connectivity index (χ1) is 12.0. The maximum atomic E-state index is 12.6. The summed E-state index contributed by atoms with van der Waals surface area (Å²) in [5, 5.41) is 3.08. The maximum absolute atomic E-state index is 12.6. The van der Waals surface area contributed by atoms with Crippen LogP contribution in [0.5, 0.6) is 17.2 Å². The van der Waals surface area contributed by atoms with Crippen molar-refractivity contribution >= 4 is 5.91 Å². The van der Waals surface area contributed by atoms with Crippen molar-refractivity contribution < 1.29 is 19.0 Å². The van der Waals surface area contributed by atoms with Crippen LogP contribution < -0.4 is 19.5 Å². The number of methoxy groups -OCH3 is 3. The van der Waals surface area contributed by atoms with Gasteiger partial charge in [0.05, 0.1) is 27.4 Å². The molecule has 0 radical (unpaired) electrons. The average molecular weight is 343 g/mol. The summed E-state index contributed by atoms with van der Waals surface area (Å²) in [5.41, 5.74) is 2.62. The molecular weight excluding hydrogens is 318 g/mol. The molecule has 2 aromatic carbocycles. The van der Waals surface area contributed by atoms with Crippen molar-refractivity contribution in [2.45, 2.75) is 26.3 Å². The normalized spacial score (nSPS) is 11.6. The summed E-state index contributed by atoms with van der Waals surface area (Å²) in [7, 11) is 4.77. The Hall–Kier alpha value is -2.69. The molecule has 0 fully saturated rings. The minimum Gasteiger partial charge on any atom is -0.496 e. The number of ether oxygens (including phenoxy) is 3. The number of hydrogen-bond acceptors (Lipinski definition) is 4. The zero-order chi connectivity index (χ0) is 18.4. The van der Waals surface area contributed by atoms with Crippen molar-refractivity contribution in [3.8, 4) is 17.2 Å². The maximum Gasteiger partial charge on any atom is 0.251 e. The van der Waals surface area contributed by atoms with Gasteiger partial charge in [-0.05, 0) is 48.7 Å². The van der Waals surface area contributed by atoms with E-state index in [9.17, 15) is 4.79 Å². The molecule has 2 rings (SSSR count). The van der Waals surface area contributed by atoms with Gasteiger partial charge in [0.2, 0.25) is 0 Å². The molecule has 0 spiro atoms. The molecule has 1 unspecified atom stereocenters. The first kappa shape index (κ1) is 18.6. The van der Waals surface area contributed by atoms with Gasteiger partial charge in [0.1, 0.15) is 5.75 Å². The number of benzene rings is 2. The van der Waals surface area contributed by atoms with Gasteiger partial charge in [-0.15, -0.1) is 0 Å². The van der Waals surface area contributed by atoms with Crippen molar-refractivity contribution in [3.63, 3.8) is 0 Å². The summed E-state index contributed by atoms with van der Waals surface area (Å²) in [5.74, 6) is 1.81. The number of amides is 1. The third-order valence-corrected chi connectivity index (χ3v) is 4.18. The number of hydrogen-bond donors (Lipinski definition) is 1. The Labute approximate surface area is 148 Å². The molecule has 1 atom stereocenters. The Kier molecular flexibility index (Phi) is 6.28. The monoisotopic (exact) mass is 343 g/mol. The molecule has 25 heavy (non-hydrogen) atoms. The molecule has 0 aliphatic carbocycles. The molecule has 134 valence electrons. The lowest BCUT2D eigenvalue weighted by Gasteiger charge is -2.19. The van der Waals surface area contributed by atoms with Gasteiger partial charge in [0.25, 0.3) is 5.91 Å². The minimum atomic E-state index is -0.152. The summed E-state index contributed by atoms with van der Waals surface area (Å²) >= 11 is 0. The molecule has 0 saturated carbocycles. The number of carbonyl (C=O) groups is 1. The summed E-state index contributed by atoms with van der Waals surface area (Å²) in [6.45, 7) is 4.03. The first-order valence-electron chi connectivity index (χ1n) is 8.21. The third kappa shape index (κ3) is 4.24. The van der Waals surface area contributed by atoms with E-state index in [1.165, 1.54) is 0 Å². The zero-order valence-corrected chi connectivity index (χ0v) is 15.4. The number of nitrogens with one attached hydrogen (secondary N) is 1. The lowest BCUT2D eigenvalue weighted by Crippen LogP contribution is -2.28. The second-order valence-corrected chi connectivity index (χ2v) is 5.73. The van der Waals surface area contributed by atoms with Crippen molar-refractivity contribution in [1.29, 1.82) is 0 Å². The van der Waals surface area contributed by atoms with Gasteiger partial charge in [-0.25, -0.2) is 0 Å². The highest BCUT2D eigenvalue weighted by Crippen LogP contribution is 2.28. The summed E-state index contributed by atoms with van der Waals surface area (Å²) in [6, 6.07) is 11.0. The van der Waals surface area contributed by atoms with Crippen LogP contribution in [0, 0.1) is 6.92 Å². The molecule has 0 aromatic heterocycles. The quantitative estimate of drug-likeness (QED) is 0.828. The molecule has 2 aromatic rings. The molecule has 0 heterocycles. The lowest BCUT2D eigenvalue weighted by molar-refractivity contribution is 0.0935. The number of carbonyl (C=O) groups excluding carboxylic acids is 1. The van der Waals surface area contributed by atoms with Gasteiger partial charge < -0.3 is 19.5 Å². The average Bonchev–Trinajstić information content (AvgIpc) is 2.65. The van der Waals surface area contributed by atoms with E-state index in [0.29, 0.717) is 17.1 Å². The van der Waals surface area contributed by atoms with Crippen LogP contribution in [0.4, 0.5) is 0 Å². The van der Waals surface area contributed by atoms with Crippen LogP contribution in [-0.2, 0) is 0 Å². The molecule has 0 aliphatic heterocycles. The summed E-state index contributed by atoms with van der Waals surface area (Å²) < 4.78 is 15.8. The Balaban J connectivity index is 2.21. The van der Waals surface area contributed by atoms with Crippen LogP contribution >= 0.6 is 0 Å². The van der Waals surface area contributed by atoms with Crippen LogP contribution in [0.2, 0.25) is 0 Å². The van der Waals surface area contributed by atoms with Crippen LogP contribution in [0.15, 0.2) is 36.4 Å². The van der Waals surface area contributed by atoms with Crippen molar-refractivity contribution in [2.24, 2.45) is 0 Å². The number of aryl methyl sites for hydroxylation is 1. The zero-order valence-electron chi connectivity index (χ0n) is 15.4. The van der Waals surface area contributed by atoms with Crippen LogP contribution in [0.1, 0.15) is 40.9 Å². The fourth-order valence-electron chi connectivity index (χ4n) is 2.76. The summed E-state index contributed by atoms with van der Waals surface area (Å²) in [6.07, 6.45) is 0.783. The SMILES string of the molecule is CCC(NC(=O)c1ccc(OC)c(OC)c1)c1ccc(OC)c(C)c1. The Morgan fingerprint density at radius 1 is 0.960 bits per heavy atom. The lowest BCUT2D eigenvalue weighted by atomic mass is 10.0. The highest BCUT2D eigenvalue weighted by molar-refractivity contribution is 5.95. The third-order valence-electron chi connectivity index (χ3n) is 4.18. The van der Waals surface area contributed by atoms with E-state index < -0.39 is 0 Å². The second kappa shape index (κ2) is 8.42. The van der Waals surface area contributed by atoms with E-state index in [1.54, 1.807) is 39.5 Å². The Morgan fingerprint density at radius 3 is 2.16 bits per heavy atom. The second-order valence-electron chi connectivity index (χ2n) is 5.73. The van der Waals surface area contributed by atoms with Gasteiger partial charge in [-0.1, -0.05) is 19.1 Å². The minimum absolute atomic E-state index is 0.0785. The molecule has 0 bridgehead atoms. The van der Waals surface area contributed by atoms with Gasteiger partial charge in [-0.3, -0.25) is 4.79 Å². The van der Waals surface area contributed by atoms with Crippen LogP contribution in [0.3, 0.4) is 0 Å². The molecule has 1 N–H and O–H groups in total. The molecule has 0 aliphatic rings. The molecular formula is C20H25NO4. The van der Waals surface area contributed by atoms with Gasteiger partial charge in [0, 0.05) is 5.56 Å². The largest absolute Gasteiger partial charge is 0.496 e. The molecule has 1 amide bonds. The standard InChI is InChI=1S/C20H25NO4/c1-6-16(14-7-9-17(23-3)13(2)11-14)21-20(22)15-8-10-18(24-4)19(12-15)25-5/h7-12,16H,6H2,1-5H3,(H,21,22). The van der Waals surface area contributed by atoms with E-state index in [0.717, 1.165) is 23.3 Å². The predicted molar refractivity (Wildman–Crippen MR) is 97.8 cm³/mol. The van der Waals surface area contributed by atoms with Crippen LogP contribution in [0.25, 0.3) is 0 Å². The highest BCUT2D eigenvalue weighted by atomic mass is 16.5. The van der Waals surface area contributed by atoms with E-state index in [2.05, 4.69) is 5.32 Å². The number of rotatable bonds is 7. The van der Waals surface area contributed by atoms with Crippen molar-refractivity contribution in [3.05, 3.63) is 53.1 Å². The van der Waals surface area contributed by atoms with E-state index in [1.807, 2.05) is 32.0 Å². The smallest absolute Gasteiger partial charge is 0.251 e. The fraction of sp³-hybridized carbons (Fsp3) is 0.350. The van der Waals surface area contributed by atoms with E-state index >= 15 is 0 Å². The highest BCUT2D eigenvalue weighted by Gasteiger charge is 2.17. The van der Waals surface area contributed by atoms with E-state index in [4.69, 9.17) is 14.2 Å². The molecule has 0 saturated heterocycles.